The lowest BCUT2D eigenvalue weighted by molar-refractivity contribution is 0.371. The first-order valence-electron chi connectivity index (χ1n) is 2.64. The van der Waals surface area contributed by atoms with Crippen molar-refractivity contribution < 1.29 is 28.3 Å². The van der Waals surface area contributed by atoms with Crippen molar-refractivity contribution in [2.24, 2.45) is 0 Å². The summed E-state index contributed by atoms with van der Waals surface area (Å²) >= 11 is 0. The Morgan fingerprint density at radius 2 is 1.75 bits per heavy atom. The van der Waals surface area contributed by atoms with E-state index >= 15 is 0 Å². The number of hydrogen-bond donors (Lipinski definition) is 4. The normalized spacial score (nSPS) is 11.8. The fourth-order valence-corrected chi connectivity index (χ4v) is 1.29. The van der Waals surface area contributed by atoms with Crippen molar-refractivity contribution in [3.63, 3.8) is 0 Å². The Balaban J connectivity index is 3.54. The Morgan fingerprint density at radius 1 is 1.25 bits per heavy atom. The van der Waals surface area contributed by atoms with Crippen LogP contribution in [0.15, 0.2) is 6.07 Å². The van der Waals surface area contributed by atoms with Crippen LogP contribution in [-0.2, 0) is 10.3 Å². The van der Waals surface area contributed by atoms with Gasteiger partial charge in [0.25, 0.3) is 5.88 Å². The van der Waals surface area contributed by atoms with Gasteiger partial charge >= 0.3 is 10.3 Å². The molecule has 1 aromatic heterocycles. The van der Waals surface area contributed by atoms with Gasteiger partial charge in [0.2, 0.25) is 5.88 Å². The SMILES string of the molecule is O=S(=O)(O)n1c(O)cc(O)c1O. The van der Waals surface area contributed by atoms with Crippen molar-refractivity contribution in [2.75, 3.05) is 0 Å². The zero-order valence-electron chi connectivity index (χ0n) is 5.54. The summed E-state index contributed by atoms with van der Waals surface area (Å²) in [7, 11) is -4.79. The Labute approximate surface area is 67.0 Å². The molecule has 0 radical (unpaired) electrons. The number of aromatic nitrogens is 1. The highest BCUT2D eigenvalue weighted by Gasteiger charge is 2.21. The van der Waals surface area contributed by atoms with Gasteiger partial charge in [0.1, 0.15) is 0 Å². The molecule has 0 bridgehead atoms. The highest BCUT2D eigenvalue weighted by Crippen LogP contribution is 2.33. The molecule has 0 spiro atoms. The molecule has 0 aliphatic heterocycles. The third-order valence-corrected chi connectivity index (χ3v) is 1.95. The summed E-state index contributed by atoms with van der Waals surface area (Å²) in [6.45, 7) is 0. The molecule has 1 aromatic rings. The molecule has 1 rings (SSSR count). The minimum atomic E-state index is -4.79. The molecule has 0 atom stereocenters. The fraction of sp³-hybridized carbons (Fsp3) is 0. The average molecular weight is 195 g/mol. The third-order valence-electron chi connectivity index (χ3n) is 1.13. The van der Waals surface area contributed by atoms with Crippen LogP contribution >= 0.6 is 0 Å². The first-order chi connectivity index (χ1) is 5.34. The van der Waals surface area contributed by atoms with Gasteiger partial charge in [-0.3, -0.25) is 4.55 Å². The van der Waals surface area contributed by atoms with Crippen molar-refractivity contribution in [1.82, 2.24) is 3.97 Å². The summed E-state index contributed by atoms with van der Waals surface area (Å²) in [5, 5.41) is 26.2. The molecule has 68 valence electrons. The predicted molar refractivity (Wildman–Crippen MR) is 36.4 cm³/mol. The van der Waals surface area contributed by atoms with E-state index in [-0.39, 0.29) is 3.97 Å². The van der Waals surface area contributed by atoms with Crippen molar-refractivity contribution in [3.8, 4) is 17.5 Å². The number of hydrogen-bond acceptors (Lipinski definition) is 5. The van der Waals surface area contributed by atoms with E-state index in [1.807, 2.05) is 0 Å². The zero-order chi connectivity index (χ0) is 9.52. The third kappa shape index (κ3) is 1.17. The highest BCUT2D eigenvalue weighted by atomic mass is 32.2. The Morgan fingerprint density at radius 3 is 1.92 bits per heavy atom. The van der Waals surface area contributed by atoms with Crippen LogP contribution < -0.4 is 0 Å². The van der Waals surface area contributed by atoms with Crippen molar-refractivity contribution in [3.05, 3.63) is 6.07 Å². The standard InChI is InChI=1S/C4H5NO6S/c6-2-1-3(7)5(4(2)8)12(9,10)11/h1,6-8H,(H,9,10,11). The molecule has 0 aromatic carbocycles. The summed E-state index contributed by atoms with van der Waals surface area (Å²) < 4.78 is 28.9. The quantitative estimate of drug-likeness (QED) is 0.438. The molecule has 7 nitrogen and oxygen atoms in total. The lowest BCUT2D eigenvalue weighted by atomic mass is 10.6. The lowest BCUT2D eigenvalue weighted by Crippen LogP contribution is -2.09. The molecular weight excluding hydrogens is 190 g/mol. The number of rotatable bonds is 1. The maximum absolute atomic E-state index is 10.4. The number of aromatic hydroxyl groups is 3. The largest absolute Gasteiger partial charge is 0.503 e. The van der Waals surface area contributed by atoms with Crippen LogP contribution in [0.2, 0.25) is 0 Å². The first-order valence-corrected chi connectivity index (χ1v) is 4.04. The van der Waals surface area contributed by atoms with E-state index < -0.39 is 27.8 Å². The van der Waals surface area contributed by atoms with Gasteiger partial charge in [0, 0.05) is 6.07 Å². The van der Waals surface area contributed by atoms with Crippen molar-refractivity contribution in [2.45, 2.75) is 0 Å². The average Bonchev–Trinajstić information content (AvgIpc) is 2.05. The molecule has 0 aliphatic rings. The summed E-state index contributed by atoms with van der Waals surface area (Å²) in [6.07, 6.45) is 0. The van der Waals surface area contributed by atoms with Crippen LogP contribution in [0.3, 0.4) is 0 Å². The van der Waals surface area contributed by atoms with Crippen molar-refractivity contribution >= 4 is 10.3 Å². The van der Waals surface area contributed by atoms with Crippen LogP contribution in [0, 0.1) is 0 Å². The monoisotopic (exact) mass is 195 g/mol. The molecule has 1 heterocycles. The fourth-order valence-electron chi connectivity index (χ4n) is 0.685. The molecular formula is C4H5NO6S. The Hall–Kier alpha value is -1.41. The topological polar surface area (TPSA) is 120 Å². The maximum atomic E-state index is 10.4. The molecule has 0 unspecified atom stereocenters. The second-order valence-electron chi connectivity index (χ2n) is 1.95. The van der Waals surface area contributed by atoms with Crippen LogP contribution in [0.4, 0.5) is 0 Å². The number of nitrogens with zero attached hydrogens (tertiary/aromatic N) is 1. The minimum Gasteiger partial charge on any atom is -0.503 e. The van der Waals surface area contributed by atoms with E-state index in [0.717, 1.165) is 0 Å². The van der Waals surface area contributed by atoms with Crippen LogP contribution in [0.5, 0.6) is 17.5 Å². The van der Waals surface area contributed by atoms with E-state index in [9.17, 15) is 8.42 Å². The van der Waals surface area contributed by atoms with Crippen LogP contribution in [-0.4, -0.2) is 32.3 Å². The van der Waals surface area contributed by atoms with Gasteiger partial charge in [-0.1, -0.05) is 0 Å². The second-order valence-corrected chi connectivity index (χ2v) is 3.21. The van der Waals surface area contributed by atoms with Crippen molar-refractivity contribution in [1.29, 1.82) is 0 Å². The molecule has 4 N–H and O–H groups in total. The smallest absolute Gasteiger partial charge is 0.369 e. The molecule has 0 fully saturated rings. The summed E-state index contributed by atoms with van der Waals surface area (Å²) in [5.74, 6) is -2.97. The summed E-state index contributed by atoms with van der Waals surface area (Å²) in [5.41, 5.74) is 0. The summed E-state index contributed by atoms with van der Waals surface area (Å²) in [6, 6.07) is 0.573. The molecule has 0 saturated heterocycles. The van der Waals surface area contributed by atoms with Gasteiger partial charge < -0.3 is 15.3 Å². The Kier molecular flexibility index (Phi) is 1.66. The highest BCUT2D eigenvalue weighted by molar-refractivity contribution is 7.84. The van der Waals surface area contributed by atoms with E-state index in [1.165, 1.54) is 0 Å². The second kappa shape index (κ2) is 2.29. The maximum Gasteiger partial charge on any atom is 0.369 e. The van der Waals surface area contributed by atoms with Gasteiger partial charge in [0.15, 0.2) is 5.75 Å². The van der Waals surface area contributed by atoms with Gasteiger partial charge in [-0.2, -0.15) is 8.42 Å². The van der Waals surface area contributed by atoms with Gasteiger partial charge in [-0.15, -0.1) is 3.97 Å². The molecule has 12 heavy (non-hydrogen) atoms. The van der Waals surface area contributed by atoms with E-state index in [0.29, 0.717) is 6.07 Å². The van der Waals surface area contributed by atoms with E-state index in [1.54, 1.807) is 0 Å². The van der Waals surface area contributed by atoms with Gasteiger partial charge in [-0.05, 0) is 0 Å². The van der Waals surface area contributed by atoms with Crippen LogP contribution in [0.1, 0.15) is 0 Å². The lowest BCUT2D eigenvalue weighted by Gasteiger charge is -1.99. The predicted octanol–water partition coefficient (Wildman–Crippen LogP) is -0.744. The molecule has 8 heteroatoms. The van der Waals surface area contributed by atoms with E-state index in [4.69, 9.17) is 19.9 Å². The Bertz CT molecular complexity index is 403. The molecule has 0 aliphatic carbocycles. The summed E-state index contributed by atoms with van der Waals surface area (Å²) in [4.78, 5) is 0. The van der Waals surface area contributed by atoms with Crippen LogP contribution in [0.25, 0.3) is 0 Å². The first kappa shape index (κ1) is 8.68. The van der Waals surface area contributed by atoms with Gasteiger partial charge in [-0.25, -0.2) is 0 Å². The van der Waals surface area contributed by atoms with E-state index in [2.05, 4.69) is 0 Å². The molecule has 0 saturated carbocycles. The zero-order valence-corrected chi connectivity index (χ0v) is 6.35. The minimum absolute atomic E-state index is 0.220. The van der Waals surface area contributed by atoms with Gasteiger partial charge in [0.05, 0.1) is 0 Å². The molecule has 0 amide bonds.